The van der Waals surface area contributed by atoms with Gasteiger partial charge in [0, 0.05) is 6.54 Å². The van der Waals surface area contributed by atoms with Crippen LogP contribution in [0, 0.1) is 0 Å². The Kier molecular flexibility index (Phi) is 4.09. The minimum Gasteiger partial charge on any atom is -0.388 e. The summed E-state index contributed by atoms with van der Waals surface area (Å²) in [5, 5.41) is 18.0. The molecule has 0 bridgehead atoms. The van der Waals surface area contributed by atoms with E-state index in [0.29, 0.717) is 6.42 Å². The zero-order valence-corrected chi connectivity index (χ0v) is 10.1. The van der Waals surface area contributed by atoms with E-state index in [4.69, 9.17) is 0 Å². The highest BCUT2D eigenvalue weighted by atomic mass is 16.3. The Morgan fingerprint density at radius 3 is 2.74 bits per heavy atom. The lowest BCUT2D eigenvalue weighted by molar-refractivity contribution is 0.0932. The first-order valence-corrected chi connectivity index (χ1v) is 5.82. The highest BCUT2D eigenvalue weighted by Gasteiger charge is 2.11. The molecule has 2 rings (SSSR count). The lowest BCUT2D eigenvalue weighted by Gasteiger charge is -2.10. The van der Waals surface area contributed by atoms with Gasteiger partial charge in [0.15, 0.2) is 0 Å². The maximum absolute atomic E-state index is 11.5. The van der Waals surface area contributed by atoms with Gasteiger partial charge in [-0.2, -0.15) is 0 Å². The van der Waals surface area contributed by atoms with Crippen LogP contribution in [0.4, 0.5) is 0 Å². The zero-order valence-electron chi connectivity index (χ0n) is 10.1. The number of aliphatic hydroxyl groups is 1. The molecule has 2 aromatic rings. The van der Waals surface area contributed by atoms with E-state index in [1.807, 2.05) is 30.3 Å². The molecule has 0 radical (unpaired) electrons. The van der Waals surface area contributed by atoms with Crippen LogP contribution in [0.2, 0.25) is 0 Å². The second-order valence-electron chi connectivity index (χ2n) is 4.00. The maximum atomic E-state index is 11.5. The molecule has 0 saturated carbocycles. The minimum atomic E-state index is -0.639. The molecule has 1 aromatic carbocycles. The Bertz CT molecular complexity index is 590. The number of hydrogen-bond acceptors (Lipinski definition) is 4. The van der Waals surface area contributed by atoms with Gasteiger partial charge >= 0.3 is 5.69 Å². The van der Waals surface area contributed by atoms with Crippen molar-refractivity contribution in [3.63, 3.8) is 0 Å². The lowest BCUT2D eigenvalue weighted by atomic mass is 10.1. The zero-order chi connectivity index (χ0) is 13.7. The standard InChI is InChI=1S/C12H14N4O3/c17-9(8-4-2-1-3-5-8)6-7-13-11(18)10-14-12(19)16-15-10/h1-5,9,17H,6-7H2,(H,13,18)(H2,14,15,16,19). The van der Waals surface area contributed by atoms with Crippen molar-refractivity contribution in [3.05, 3.63) is 52.2 Å². The highest BCUT2D eigenvalue weighted by Crippen LogP contribution is 2.14. The second-order valence-corrected chi connectivity index (χ2v) is 4.00. The van der Waals surface area contributed by atoms with E-state index in [-0.39, 0.29) is 12.4 Å². The summed E-state index contributed by atoms with van der Waals surface area (Å²) in [6, 6.07) is 9.18. The molecule has 1 amide bonds. The van der Waals surface area contributed by atoms with Crippen molar-refractivity contribution < 1.29 is 9.90 Å². The predicted molar refractivity (Wildman–Crippen MR) is 67.6 cm³/mol. The largest absolute Gasteiger partial charge is 0.388 e. The van der Waals surface area contributed by atoms with E-state index in [9.17, 15) is 14.7 Å². The predicted octanol–water partition coefficient (Wildman–Crippen LogP) is -0.0485. The van der Waals surface area contributed by atoms with E-state index < -0.39 is 17.7 Å². The summed E-state index contributed by atoms with van der Waals surface area (Å²) in [5.41, 5.74) is 0.263. The fourth-order valence-electron chi connectivity index (χ4n) is 1.63. The Hall–Kier alpha value is -2.41. The number of carbonyl (C=O) groups is 1. The molecule has 0 aliphatic rings. The molecule has 0 aliphatic carbocycles. The molecular weight excluding hydrogens is 248 g/mol. The molecule has 1 atom stereocenters. The van der Waals surface area contributed by atoms with E-state index in [1.54, 1.807) is 0 Å². The summed E-state index contributed by atoms with van der Waals surface area (Å²) in [7, 11) is 0. The number of rotatable bonds is 5. The molecule has 19 heavy (non-hydrogen) atoms. The first-order valence-electron chi connectivity index (χ1n) is 5.82. The van der Waals surface area contributed by atoms with E-state index >= 15 is 0 Å². The molecule has 0 spiro atoms. The molecule has 4 N–H and O–H groups in total. The average molecular weight is 262 g/mol. The van der Waals surface area contributed by atoms with Gasteiger partial charge in [-0.25, -0.2) is 9.89 Å². The molecule has 1 unspecified atom stereocenters. The number of hydrogen-bond donors (Lipinski definition) is 4. The molecule has 7 nitrogen and oxygen atoms in total. The van der Waals surface area contributed by atoms with Crippen molar-refractivity contribution >= 4 is 5.91 Å². The molecule has 1 aromatic heterocycles. The number of nitrogens with one attached hydrogen (secondary N) is 3. The first-order chi connectivity index (χ1) is 9.16. The fourth-order valence-corrected chi connectivity index (χ4v) is 1.63. The van der Waals surface area contributed by atoms with Crippen LogP contribution in [0.1, 0.15) is 28.7 Å². The van der Waals surface area contributed by atoms with Crippen molar-refractivity contribution in [2.24, 2.45) is 0 Å². The summed E-state index contributed by atoms with van der Waals surface area (Å²) in [4.78, 5) is 24.5. The van der Waals surface area contributed by atoms with Crippen LogP contribution in [-0.4, -0.2) is 32.7 Å². The fraction of sp³-hybridized carbons (Fsp3) is 0.250. The summed E-state index contributed by atoms with van der Waals surface area (Å²) in [6.45, 7) is 0.282. The smallest absolute Gasteiger partial charge is 0.341 e. The number of nitrogens with zero attached hydrogens (tertiary/aromatic N) is 1. The summed E-state index contributed by atoms with van der Waals surface area (Å²) >= 11 is 0. The topological polar surface area (TPSA) is 111 Å². The molecule has 0 saturated heterocycles. The number of amides is 1. The van der Waals surface area contributed by atoms with Crippen LogP contribution in [0.3, 0.4) is 0 Å². The number of carbonyl (C=O) groups excluding carboxylic acids is 1. The summed E-state index contributed by atoms with van der Waals surface area (Å²) < 4.78 is 0. The quantitative estimate of drug-likeness (QED) is 0.605. The minimum absolute atomic E-state index is 0.0702. The van der Waals surface area contributed by atoms with Crippen LogP contribution in [0.15, 0.2) is 35.1 Å². The van der Waals surface area contributed by atoms with Crippen LogP contribution in [-0.2, 0) is 0 Å². The van der Waals surface area contributed by atoms with Gasteiger partial charge in [-0.15, -0.1) is 5.10 Å². The van der Waals surface area contributed by atoms with Crippen molar-refractivity contribution in [2.45, 2.75) is 12.5 Å². The second kappa shape index (κ2) is 5.96. The monoisotopic (exact) mass is 262 g/mol. The number of aromatic nitrogens is 3. The third-order valence-corrected chi connectivity index (χ3v) is 2.60. The van der Waals surface area contributed by atoms with E-state index in [0.717, 1.165) is 5.56 Å². The van der Waals surface area contributed by atoms with Crippen LogP contribution in [0.25, 0.3) is 0 Å². The van der Waals surface area contributed by atoms with Crippen molar-refractivity contribution in [1.29, 1.82) is 0 Å². The van der Waals surface area contributed by atoms with E-state index in [1.165, 1.54) is 0 Å². The molecule has 100 valence electrons. The third-order valence-electron chi connectivity index (χ3n) is 2.60. The summed E-state index contributed by atoms with van der Waals surface area (Å²) in [5.74, 6) is -0.558. The van der Waals surface area contributed by atoms with Crippen LogP contribution < -0.4 is 11.0 Å². The normalized spacial score (nSPS) is 12.1. The van der Waals surface area contributed by atoms with Gasteiger partial charge in [0.25, 0.3) is 5.91 Å². The van der Waals surface area contributed by atoms with Crippen molar-refractivity contribution in [2.75, 3.05) is 6.54 Å². The lowest BCUT2D eigenvalue weighted by Crippen LogP contribution is -2.27. The Labute approximate surface area is 108 Å². The van der Waals surface area contributed by atoms with Gasteiger partial charge in [-0.05, 0) is 12.0 Å². The van der Waals surface area contributed by atoms with Crippen molar-refractivity contribution in [1.82, 2.24) is 20.5 Å². The van der Waals surface area contributed by atoms with Crippen LogP contribution >= 0.6 is 0 Å². The Morgan fingerprint density at radius 1 is 1.37 bits per heavy atom. The summed E-state index contributed by atoms with van der Waals surface area (Å²) in [6.07, 6.45) is -0.260. The molecule has 1 heterocycles. The van der Waals surface area contributed by atoms with Gasteiger partial charge in [0.2, 0.25) is 5.82 Å². The Balaban J connectivity index is 1.81. The van der Waals surface area contributed by atoms with Gasteiger partial charge in [-0.3, -0.25) is 9.78 Å². The first kappa shape index (κ1) is 13.0. The number of H-pyrrole nitrogens is 2. The molecule has 0 aliphatic heterocycles. The maximum Gasteiger partial charge on any atom is 0.341 e. The van der Waals surface area contributed by atoms with Crippen LogP contribution in [0.5, 0.6) is 0 Å². The van der Waals surface area contributed by atoms with Gasteiger partial charge < -0.3 is 10.4 Å². The number of aliphatic hydroxyl groups excluding tert-OH is 1. The van der Waals surface area contributed by atoms with E-state index in [2.05, 4.69) is 20.5 Å². The SMILES string of the molecule is O=C(NCCC(O)c1ccccc1)c1n[nH]c(=O)[nH]1. The van der Waals surface area contributed by atoms with Gasteiger partial charge in [-0.1, -0.05) is 30.3 Å². The number of aromatic amines is 2. The highest BCUT2D eigenvalue weighted by molar-refractivity contribution is 5.90. The van der Waals surface area contributed by atoms with Gasteiger partial charge in [0.1, 0.15) is 0 Å². The average Bonchev–Trinajstić information content (AvgIpc) is 2.86. The Morgan fingerprint density at radius 2 is 2.11 bits per heavy atom. The number of benzene rings is 1. The molecule has 0 fully saturated rings. The van der Waals surface area contributed by atoms with Gasteiger partial charge in [0.05, 0.1) is 6.10 Å². The van der Waals surface area contributed by atoms with Crippen molar-refractivity contribution in [3.8, 4) is 0 Å². The molecule has 7 heteroatoms. The molecular formula is C12H14N4O3. The third kappa shape index (κ3) is 3.52.